The molecule has 2 rings (SSSR count). The van der Waals surface area contributed by atoms with Gasteiger partial charge in [-0.1, -0.05) is 25.0 Å². The summed E-state index contributed by atoms with van der Waals surface area (Å²) in [6.07, 6.45) is 3.49. The van der Waals surface area contributed by atoms with E-state index >= 15 is 0 Å². The Morgan fingerprint density at radius 3 is 2.57 bits per heavy atom. The Hall–Kier alpha value is -2.04. The summed E-state index contributed by atoms with van der Waals surface area (Å²) in [5, 5.41) is 11.8. The van der Waals surface area contributed by atoms with Gasteiger partial charge in [0.1, 0.15) is 5.75 Å². The Labute approximate surface area is 137 Å². The van der Waals surface area contributed by atoms with E-state index in [2.05, 4.69) is 5.32 Å². The first-order valence-electron chi connectivity index (χ1n) is 8.07. The number of carboxylic acids is 1. The van der Waals surface area contributed by atoms with Crippen molar-refractivity contribution in [2.45, 2.75) is 57.4 Å². The SMILES string of the molecule is COc1cc(C2(C(=O)NC(C)CC(=O)O)CCCC2)ccc1C. The molecule has 0 radical (unpaired) electrons. The van der Waals surface area contributed by atoms with Gasteiger partial charge in [0.25, 0.3) is 0 Å². The summed E-state index contributed by atoms with van der Waals surface area (Å²) < 4.78 is 5.39. The lowest BCUT2D eigenvalue weighted by Crippen LogP contribution is -2.46. The van der Waals surface area contributed by atoms with E-state index in [0.29, 0.717) is 0 Å². The van der Waals surface area contributed by atoms with Crippen LogP contribution in [0.1, 0.15) is 50.2 Å². The zero-order chi connectivity index (χ0) is 17.0. The summed E-state index contributed by atoms with van der Waals surface area (Å²) in [4.78, 5) is 23.7. The van der Waals surface area contributed by atoms with E-state index in [1.165, 1.54) is 0 Å². The van der Waals surface area contributed by atoms with Crippen molar-refractivity contribution in [3.05, 3.63) is 29.3 Å². The third-order valence-corrected chi connectivity index (χ3v) is 4.71. The molecule has 23 heavy (non-hydrogen) atoms. The van der Waals surface area contributed by atoms with Gasteiger partial charge in [0.2, 0.25) is 5.91 Å². The zero-order valence-electron chi connectivity index (χ0n) is 14.0. The van der Waals surface area contributed by atoms with Gasteiger partial charge in [-0.05, 0) is 43.9 Å². The van der Waals surface area contributed by atoms with Crippen LogP contribution in [0.4, 0.5) is 0 Å². The number of carbonyl (C=O) groups is 2. The first-order chi connectivity index (χ1) is 10.9. The normalized spacial score (nSPS) is 17.5. The summed E-state index contributed by atoms with van der Waals surface area (Å²) in [6.45, 7) is 3.70. The van der Waals surface area contributed by atoms with Crippen molar-refractivity contribution in [1.29, 1.82) is 0 Å². The molecule has 126 valence electrons. The Kier molecular flexibility index (Phi) is 5.29. The van der Waals surface area contributed by atoms with E-state index in [4.69, 9.17) is 9.84 Å². The molecule has 0 saturated heterocycles. The van der Waals surface area contributed by atoms with Gasteiger partial charge in [-0.2, -0.15) is 0 Å². The number of amides is 1. The van der Waals surface area contributed by atoms with Crippen LogP contribution in [-0.2, 0) is 15.0 Å². The highest BCUT2D eigenvalue weighted by atomic mass is 16.5. The number of hydrogen-bond acceptors (Lipinski definition) is 3. The maximum atomic E-state index is 12.9. The minimum Gasteiger partial charge on any atom is -0.496 e. The summed E-state index contributed by atoms with van der Waals surface area (Å²) >= 11 is 0. The fourth-order valence-corrected chi connectivity index (χ4v) is 3.42. The van der Waals surface area contributed by atoms with Gasteiger partial charge in [-0.25, -0.2) is 0 Å². The lowest BCUT2D eigenvalue weighted by molar-refractivity contribution is -0.137. The zero-order valence-corrected chi connectivity index (χ0v) is 14.0. The molecule has 1 aliphatic carbocycles. The smallest absolute Gasteiger partial charge is 0.305 e. The number of hydrogen-bond donors (Lipinski definition) is 2. The van der Waals surface area contributed by atoms with Crippen molar-refractivity contribution in [2.75, 3.05) is 7.11 Å². The van der Waals surface area contributed by atoms with Crippen LogP contribution >= 0.6 is 0 Å². The standard InChI is InChI=1S/C18H25NO4/c1-12-6-7-14(11-15(12)23-3)18(8-4-5-9-18)17(22)19-13(2)10-16(20)21/h6-7,11,13H,4-5,8-10H2,1-3H3,(H,19,22)(H,20,21). The van der Waals surface area contributed by atoms with Crippen LogP contribution in [0.3, 0.4) is 0 Å². The predicted octanol–water partition coefficient (Wildman–Crippen LogP) is 2.79. The van der Waals surface area contributed by atoms with Crippen molar-refractivity contribution in [3.8, 4) is 5.75 Å². The first-order valence-corrected chi connectivity index (χ1v) is 8.07. The monoisotopic (exact) mass is 319 g/mol. The Morgan fingerprint density at radius 1 is 1.35 bits per heavy atom. The molecule has 1 atom stereocenters. The third-order valence-electron chi connectivity index (χ3n) is 4.71. The molecule has 0 aromatic heterocycles. The number of carbonyl (C=O) groups excluding carboxylic acids is 1. The number of aryl methyl sites for hydroxylation is 1. The van der Waals surface area contributed by atoms with Crippen LogP contribution in [0.15, 0.2) is 18.2 Å². The van der Waals surface area contributed by atoms with E-state index in [1.807, 2.05) is 25.1 Å². The molecule has 0 spiro atoms. The van der Waals surface area contributed by atoms with E-state index in [9.17, 15) is 9.59 Å². The number of benzene rings is 1. The molecule has 0 heterocycles. The van der Waals surface area contributed by atoms with Crippen LogP contribution < -0.4 is 10.1 Å². The van der Waals surface area contributed by atoms with Gasteiger partial charge < -0.3 is 15.2 Å². The van der Waals surface area contributed by atoms with Gasteiger partial charge in [-0.3, -0.25) is 9.59 Å². The van der Waals surface area contributed by atoms with Crippen molar-refractivity contribution < 1.29 is 19.4 Å². The van der Waals surface area contributed by atoms with Crippen LogP contribution in [-0.4, -0.2) is 30.1 Å². The largest absolute Gasteiger partial charge is 0.496 e. The van der Waals surface area contributed by atoms with Crippen LogP contribution in [0.25, 0.3) is 0 Å². The molecule has 0 aliphatic heterocycles. The summed E-state index contributed by atoms with van der Waals surface area (Å²) in [6, 6.07) is 5.53. The van der Waals surface area contributed by atoms with Gasteiger partial charge in [0.05, 0.1) is 18.9 Å². The minimum atomic E-state index is -0.907. The van der Waals surface area contributed by atoms with Crippen LogP contribution in [0.5, 0.6) is 5.75 Å². The van der Waals surface area contributed by atoms with E-state index in [-0.39, 0.29) is 18.4 Å². The van der Waals surface area contributed by atoms with Gasteiger partial charge >= 0.3 is 5.97 Å². The number of rotatable bonds is 6. The molecule has 0 bridgehead atoms. The molecule has 1 amide bonds. The number of aliphatic carboxylic acids is 1. The fourth-order valence-electron chi connectivity index (χ4n) is 3.42. The molecule has 1 aromatic rings. The van der Waals surface area contributed by atoms with E-state index in [1.54, 1.807) is 14.0 Å². The Bertz CT molecular complexity index is 591. The molecular weight excluding hydrogens is 294 g/mol. The fraction of sp³-hybridized carbons (Fsp3) is 0.556. The van der Waals surface area contributed by atoms with Crippen molar-refractivity contribution in [1.82, 2.24) is 5.32 Å². The molecular formula is C18H25NO4. The molecule has 1 unspecified atom stereocenters. The highest BCUT2D eigenvalue weighted by Gasteiger charge is 2.43. The Morgan fingerprint density at radius 2 is 2.00 bits per heavy atom. The van der Waals surface area contributed by atoms with E-state index < -0.39 is 11.4 Å². The molecule has 5 nitrogen and oxygen atoms in total. The highest BCUT2D eigenvalue weighted by Crippen LogP contribution is 2.42. The lowest BCUT2D eigenvalue weighted by Gasteiger charge is -2.30. The average molecular weight is 319 g/mol. The maximum absolute atomic E-state index is 12.9. The summed E-state index contributed by atoms with van der Waals surface area (Å²) in [5.74, 6) is -0.204. The van der Waals surface area contributed by atoms with Crippen molar-refractivity contribution in [2.24, 2.45) is 0 Å². The molecule has 1 aliphatic rings. The second kappa shape index (κ2) is 7.02. The van der Waals surface area contributed by atoms with Crippen LogP contribution in [0.2, 0.25) is 0 Å². The number of methoxy groups -OCH3 is 1. The molecule has 1 aromatic carbocycles. The maximum Gasteiger partial charge on any atom is 0.305 e. The first kappa shape index (κ1) is 17.3. The summed E-state index contributed by atoms with van der Waals surface area (Å²) in [7, 11) is 1.63. The van der Waals surface area contributed by atoms with Crippen molar-refractivity contribution >= 4 is 11.9 Å². The number of nitrogens with one attached hydrogen (secondary N) is 1. The Balaban J connectivity index is 2.28. The number of ether oxygens (including phenoxy) is 1. The third kappa shape index (κ3) is 3.66. The van der Waals surface area contributed by atoms with Gasteiger partial charge in [-0.15, -0.1) is 0 Å². The predicted molar refractivity (Wildman–Crippen MR) is 87.7 cm³/mol. The molecule has 1 saturated carbocycles. The van der Waals surface area contributed by atoms with E-state index in [0.717, 1.165) is 42.6 Å². The second-order valence-corrected chi connectivity index (χ2v) is 6.45. The quantitative estimate of drug-likeness (QED) is 0.845. The van der Waals surface area contributed by atoms with Crippen LogP contribution in [0, 0.1) is 6.92 Å². The topological polar surface area (TPSA) is 75.6 Å². The molecule has 5 heteroatoms. The second-order valence-electron chi connectivity index (χ2n) is 6.45. The molecule has 2 N–H and O–H groups in total. The minimum absolute atomic E-state index is 0.0704. The highest BCUT2D eigenvalue weighted by molar-refractivity contribution is 5.89. The van der Waals surface area contributed by atoms with Gasteiger partial charge in [0.15, 0.2) is 0 Å². The molecule has 1 fully saturated rings. The van der Waals surface area contributed by atoms with Gasteiger partial charge in [0, 0.05) is 6.04 Å². The number of carboxylic acid groups (broad SMARTS) is 1. The summed E-state index contributed by atoms with van der Waals surface area (Å²) in [5.41, 5.74) is 1.41. The van der Waals surface area contributed by atoms with Crippen molar-refractivity contribution in [3.63, 3.8) is 0 Å². The average Bonchev–Trinajstić information content (AvgIpc) is 2.97. The lowest BCUT2D eigenvalue weighted by atomic mass is 9.77.